The van der Waals surface area contributed by atoms with Crippen LogP contribution in [-0.2, 0) is 14.3 Å². The number of nitrogens with zero attached hydrogens (tertiary/aromatic N) is 1. The van der Waals surface area contributed by atoms with E-state index >= 15 is 0 Å². The van der Waals surface area contributed by atoms with Gasteiger partial charge in [-0.2, -0.15) is 0 Å². The maximum atomic E-state index is 12.4. The van der Waals surface area contributed by atoms with E-state index < -0.39 is 18.2 Å². The molecule has 1 aromatic rings. The quantitative estimate of drug-likeness (QED) is 0.849. The predicted molar refractivity (Wildman–Crippen MR) is 89.0 cm³/mol. The highest BCUT2D eigenvalue weighted by Crippen LogP contribution is 2.21. The lowest BCUT2D eigenvalue weighted by atomic mass is 10.0. The van der Waals surface area contributed by atoms with Crippen molar-refractivity contribution in [3.63, 3.8) is 0 Å². The fraction of sp³-hybridized carbons (Fsp3) is 0.500. The van der Waals surface area contributed by atoms with Crippen LogP contribution in [0.25, 0.3) is 0 Å². The Morgan fingerprint density at radius 2 is 1.64 bits per heavy atom. The van der Waals surface area contributed by atoms with Gasteiger partial charge < -0.3 is 20.1 Å². The van der Waals surface area contributed by atoms with Gasteiger partial charge >= 0.3 is 5.97 Å². The molecule has 2 fully saturated rings. The molecular weight excluding hydrogens is 324 g/mol. The third-order valence-electron chi connectivity index (χ3n) is 4.74. The number of nitrogens with one attached hydrogen (secondary N) is 1. The van der Waals surface area contributed by atoms with Crippen molar-refractivity contribution in [2.75, 3.05) is 13.1 Å². The summed E-state index contributed by atoms with van der Waals surface area (Å²) in [4.78, 5) is 37.3. The molecule has 2 heterocycles. The van der Waals surface area contributed by atoms with Gasteiger partial charge in [-0.25, -0.2) is 4.79 Å². The van der Waals surface area contributed by atoms with Crippen molar-refractivity contribution in [3.8, 4) is 0 Å². The second-order valence-electron chi connectivity index (χ2n) is 6.47. The maximum Gasteiger partial charge on any atom is 0.332 e. The molecule has 3 rings (SSSR count). The van der Waals surface area contributed by atoms with E-state index in [-0.39, 0.29) is 17.9 Å². The van der Waals surface area contributed by atoms with Gasteiger partial charge in [0.25, 0.3) is 5.91 Å². The van der Waals surface area contributed by atoms with Crippen LogP contribution < -0.4 is 5.32 Å². The van der Waals surface area contributed by atoms with Crippen molar-refractivity contribution in [1.29, 1.82) is 0 Å². The largest absolute Gasteiger partial charge is 0.479 e. The summed E-state index contributed by atoms with van der Waals surface area (Å²) < 4.78 is 5.27. The molecule has 7 nitrogen and oxygen atoms in total. The van der Waals surface area contributed by atoms with Crippen LogP contribution in [0.1, 0.15) is 36.0 Å². The zero-order chi connectivity index (χ0) is 17.8. The number of carbonyl (C=O) groups excluding carboxylic acids is 2. The van der Waals surface area contributed by atoms with E-state index in [9.17, 15) is 14.4 Å². The number of ether oxygens (including phenoxy) is 1. The molecule has 2 aliphatic heterocycles. The molecule has 2 N–H and O–H groups in total. The van der Waals surface area contributed by atoms with Crippen LogP contribution in [0.3, 0.4) is 0 Å². The predicted octanol–water partition coefficient (Wildman–Crippen LogP) is 1.04. The summed E-state index contributed by atoms with van der Waals surface area (Å²) in [6.07, 6.45) is 0.566. The first kappa shape index (κ1) is 17.4. The van der Waals surface area contributed by atoms with E-state index in [4.69, 9.17) is 9.84 Å². The number of likely N-dealkylation sites (tertiary alicyclic amines) is 1. The SMILES string of the molecule is O=C(NC1CCN(C(=O)c2ccccc2)CC1)[C@@H]1CC[C@H](C(=O)O)O1. The lowest BCUT2D eigenvalue weighted by Crippen LogP contribution is -2.49. The number of rotatable bonds is 4. The Balaban J connectivity index is 1.46. The Bertz CT molecular complexity index is 640. The Morgan fingerprint density at radius 3 is 2.24 bits per heavy atom. The Morgan fingerprint density at radius 1 is 1.00 bits per heavy atom. The van der Waals surface area contributed by atoms with Gasteiger partial charge in [0.15, 0.2) is 6.10 Å². The van der Waals surface area contributed by atoms with Gasteiger partial charge in [0.2, 0.25) is 5.91 Å². The molecule has 134 valence electrons. The molecule has 0 bridgehead atoms. The van der Waals surface area contributed by atoms with E-state index in [0.717, 1.165) is 0 Å². The van der Waals surface area contributed by atoms with E-state index in [1.165, 1.54) is 0 Å². The molecule has 0 aliphatic carbocycles. The molecule has 2 aliphatic rings. The first-order valence-electron chi connectivity index (χ1n) is 8.57. The Labute approximate surface area is 146 Å². The molecule has 2 amide bonds. The minimum absolute atomic E-state index is 0.00815. The highest BCUT2D eigenvalue weighted by molar-refractivity contribution is 5.94. The molecule has 0 aromatic heterocycles. The van der Waals surface area contributed by atoms with Gasteiger partial charge in [0.1, 0.15) is 6.10 Å². The number of carbonyl (C=O) groups is 3. The number of amides is 2. The Hall–Kier alpha value is -2.41. The van der Waals surface area contributed by atoms with Crippen LogP contribution in [0, 0.1) is 0 Å². The van der Waals surface area contributed by atoms with Gasteiger partial charge in [-0.3, -0.25) is 9.59 Å². The number of hydrogen-bond donors (Lipinski definition) is 2. The molecule has 0 saturated carbocycles. The second kappa shape index (κ2) is 7.65. The van der Waals surface area contributed by atoms with E-state index in [2.05, 4.69) is 5.32 Å². The van der Waals surface area contributed by atoms with Crippen molar-refractivity contribution in [3.05, 3.63) is 35.9 Å². The second-order valence-corrected chi connectivity index (χ2v) is 6.47. The minimum atomic E-state index is -1.02. The van der Waals surface area contributed by atoms with Crippen molar-refractivity contribution >= 4 is 17.8 Å². The van der Waals surface area contributed by atoms with Crippen molar-refractivity contribution in [2.24, 2.45) is 0 Å². The van der Waals surface area contributed by atoms with E-state index in [1.54, 1.807) is 17.0 Å². The zero-order valence-electron chi connectivity index (χ0n) is 13.9. The topological polar surface area (TPSA) is 95.9 Å². The third-order valence-corrected chi connectivity index (χ3v) is 4.74. The normalized spacial score (nSPS) is 24.1. The molecule has 0 radical (unpaired) electrons. The number of carboxylic acids is 1. The molecule has 0 spiro atoms. The summed E-state index contributed by atoms with van der Waals surface area (Å²) in [6, 6.07) is 9.13. The van der Waals surface area contributed by atoms with Crippen LogP contribution in [-0.4, -0.2) is 59.1 Å². The van der Waals surface area contributed by atoms with Gasteiger partial charge in [0.05, 0.1) is 0 Å². The molecule has 7 heteroatoms. The van der Waals surface area contributed by atoms with Crippen molar-refractivity contribution in [1.82, 2.24) is 10.2 Å². The number of aliphatic carboxylic acids is 1. The van der Waals surface area contributed by atoms with Gasteiger partial charge in [0, 0.05) is 24.7 Å². The monoisotopic (exact) mass is 346 g/mol. The summed E-state index contributed by atoms with van der Waals surface area (Å²) in [5.74, 6) is -1.27. The minimum Gasteiger partial charge on any atom is -0.479 e. The average Bonchev–Trinajstić information content (AvgIpc) is 3.13. The number of benzene rings is 1. The summed E-state index contributed by atoms with van der Waals surface area (Å²) >= 11 is 0. The average molecular weight is 346 g/mol. The fourth-order valence-corrected chi connectivity index (χ4v) is 3.30. The number of piperidine rings is 1. The van der Waals surface area contributed by atoms with Gasteiger partial charge in [-0.1, -0.05) is 18.2 Å². The third kappa shape index (κ3) is 4.17. The van der Waals surface area contributed by atoms with Crippen LogP contribution in [0.2, 0.25) is 0 Å². The molecule has 1 aromatic carbocycles. The van der Waals surface area contributed by atoms with Gasteiger partial charge in [-0.05, 0) is 37.8 Å². The summed E-state index contributed by atoms with van der Waals surface area (Å²) in [6.45, 7) is 1.17. The summed E-state index contributed by atoms with van der Waals surface area (Å²) in [5.41, 5.74) is 0.670. The Kier molecular flexibility index (Phi) is 5.33. The van der Waals surface area contributed by atoms with E-state index in [1.807, 2.05) is 18.2 Å². The van der Waals surface area contributed by atoms with Crippen molar-refractivity contribution < 1.29 is 24.2 Å². The molecule has 2 atom stereocenters. The first-order valence-corrected chi connectivity index (χ1v) is 8.57. The lowest BCUT2D eigenvalue weighted by molar-refractivity contribution is -0.152. The molecule has 2 saturated heterocycles. The van der Waals surface area contributed by atoms with Crippen LogP contribution in [0.5, 0.6) is 0 Å². The molecule has 0 unspecified atom stereocenters. The smallest absolute Gasteiger partial charge is 0.332 e. The lowest BCUT2D eigenvalue weighted by Gasteiger charge is -2.33. The standard InChI is InChI=1S/C18H22N2O5/c21-16(14-6-7-15(25-14)18(23)24)19-13-8-10-20(11-9-13)17(22)12-4-2-1-3-5-12/h1-5,13-15H,6-11H2,(H,19,21)(H,23,24)/t14-,15+/m0/s1. The first-order chi connectivity index (χ1) is 12.0. The zero-order valence-corrected chi connectivity index (χ0v) is 13.9. The number of carboxylic acid groups (broad SMARTS) is 1. The van der Waals surface area contributed by atoms with Crippen LogP contribution in [0.15, 0.2) is 30.3 Å². The highest BCUT2D eigenvalue weighted by atomic mass is 16.5. The highest BCUT2D eigenvalue weighted by Gasteiger charge is 2.35. The summed E-state index contributed by atoms with van der Waals surface area (Å²) in [7, 11) is 0. The van der Waals surface area contributed by atoms with Crippen LogP contribution >= 0.6 is 0 Å². The van der Waals surface area contributed by atoms with E-state index in [0.29, 0.717) is 44.3 Å². The number of hydrogen-bond acceptors (Lipinski definition) is 4. The molecule has 25 heavy (non-hydrogen) atoms. The molecular formula is C18H22N2O5. The summed E-state index contributed by atoms with van der Waals surface area (Å²) in [5, 5.41) is 11.8. The fourth-order valence-electron chi connectivity index (χ4n) is 3.30. The maximum absolute atomic E-state index is 12.4. The van der Waals surface area contributed by atoms with Crippen LogP contribution in [0.4, 0.5) is 0 Å². The van der Waals surface area contributed by atoms with Gasteiger partial charge in [-0.15, -0.1) is 0 Å². The van der Waals surface area contributed by atoms with Crippen molar-refractivity contribution in [2.45, 2.75) is 43.9 Å².